The largest absolute Gasteiger partial charge is 0.462 e. The Bertz CT molecular complexity index is 1120. The Labute approximate surface area is 397 Å². The molecule has 64 heavy (non-hydrogen) atoms. The number of allylic oxidation sites excluding steroid dienone is 8. The SMILES string of the molecule is CCCCC/C=C/C=C/CCCCCCCCC(=O)OC(COC(=O)CC/C=C/C/C=C/CCCCCCCC)COC(=O)CCCCCCCCCCCCCCCCCCCC. The van der Waals surface area contributed by atoms with Crippen molar-refractivity contribution in [2.24, 2.45) is 0 Å². The Hall–Kier alpha value is -2.63. The van der Waals surface area contributed by atoms with E-state index in [1.807, 2.05) is 6.08 Å². The van der Waals surface area contributed by atoms with Crippen LogP contribution >= 0.6 is 0 Å². The standard InChI is InChI=1S/C58H104O6/c1-4-7-10-13-16-19-22-25-27-28-29-31-33-36-39-42-45-48-51-57(60)63-54-55(53-62-56(59)50-47-44-41-38-35-32-24-21-18-15-12-9-6-3)64-58(61)52-49-46-43-40-37-34-30-26-23-20-17-14-11-8-5-2/h17,20,23,26,32,35,41,44,55H,4-16,18-19,21-22,24-25,27-31,33-34,36-40,42-43,45-54H2,1-3H3/b20-17+,26-23+,35-32+,44-41+. The Morgan fingerprint density at radius 2 is 0.641 bits per heavy atom. The van der Waals surface area contributed by atoms with Crippen LogP contribution in [0.1, 0.15) is 284 Å². The van der Waals surface area contributed by atoms with Crippen molar-refractivity contribution in [2.45, 2.75) is 290 Å². The molecule has 0 aliphatic heterocycles. The molecule has 0 aromatic heterocycles. The first-order valence-corrected chi connectivity index (χ1v) is 27.7. The van der Waals surface area contributed by atoms with Gasteiger partial charge in [0.2, 0.25) is 0 Å². The number of carbonyl (C=O) groups excluding carboxylic acids is 3. The molecule has 1 unspecified atom stereocenters. The molecule has 0 radical (unpaired) electrons. The van der Waals surface area contributed by atoms with E-state index < -0.39 is 6.10 Å². The smallest absolute Gasteiger partial charge is 0.306 e. The number of ether oxygens (including phenoxy) is 3. The number of hydrogen-bond donors (Lipinski definition) is 0. The highest BCUT2D eigenvalue weighted by molar-refractivity contribution is 5.71. The zero-order valence-electron chi connectivity index (χ0n) is 42.6. The van der Waals surface area contributed by atoms with Crippen molar-refractivity contribution in [3.05, 3.63) is 48.6 Å². The summed E-state index contributed by atoms with van der Waals surface area (Å²) in [4.78, 5) is 38.0. The first kappa shape index (κ1) is 61.4. The Morgan fingerprint density at radius 3 is 1.08 bits per heavy atom. The molecule has 6 heteroatoms. The van der Waals surface area contributed by atoms with Crippen LogP contribution in [0.25, 0.3) is 0 Å². The van der Waals surface area contributed by atoms with Gasteiger partial charge in [-0.15, -0.1) is 0 Å². The van der Waals surface area contributed by atoms with Crippen LogP contribution in [0.4, 0.5) is 0 Å². The lowest BCUT2D eigenvalue weighted by Crippen LogP contribution is -2.30. The summed E-state index contributed by atoms with van der Waals surface area (Å²) >= 11 is 0. The average Bonchev–Trinajstić information content (AvgIpc) is 3.29. The van der Waals surface area contributed by atoms with Gasteiger partial charge in [0.1, 0.15) is 13.2 Å². The van der Waals surface area contributed by atoms with Crippen molar-refractivity contribution in [1.82, 2.24) is 0 Å². The number of hydrogen-bond acceptors (Lipinski definition) is 6. The normalized spacial score (nSPS) is 12.4. The van der Waals surface area contributed by atoms with Crippen molar-refractivity contribution in [1.29, 1.82) is 0 Å². The maximum atomic E-state index is 12.8. The van der Waals surface area contributed by atoms with Gasteiger partial charge in [-0.25, -0.2) is 0 Å². The molecule has 0 bridgehead atoms. The van der Waals surface area contributed by atoms with E-state index in [9.17, 15) is 14.4 Å². The monoisotopic (exact) mass is 897 g/mol. The molecule has 0 aliphatic carbocycles. The van der Waals surface area contributed by atoms with Crippen LogP contribution in [0.3, 0.4) is 0 Å². The van der Waals surface area contributed by atoms with Gasteiger partial charge in [-0.1, -0.05) is 249 Å². The molecule has 6 nitrogen and oxygen atoms in total. The van der Waals surface area contributed by atoms with Gasteiger partial charge in [0, 0.05) is 19.3 Å². The van der Waals surface area contributed by atoms with Gasteiger partial charge in [0.25, 0.3) is 0 Å². The molecule has 0 aliphatic rings. The maximum Gasteiger partial charge on any atom is 0.306 e. The fourth-order valence-corrected chi connectivity index (χ4v) is 7.90. The second-order valence-electron chi connectivity index (χ2n) is 18.5. The summed E-state index contributed by atoms with van der Waals surface area (Å²) in [6.45, 7) is 6.57. The van der Waals surface area contributed by atoms with E-state index >= 15 is 0 Å². The lowest BCUT2D eigenvalue weighted by Gasteiger charge is -2.18. The number of esters is 3. The molecule has 0 heterocycles. The van der Waals surface area contributed by atoms with E-state index in [0.717, 1.165) is 64.2 Å². The highest BCUT2D eigenvalue weighted by Crippen LogP contribution is 2.16. The van der Waals surface area contributed by atoms with Gasteiger partial charge in [-0.3, -0.25) is 14.4 Å². The van der Waals surface area contributed by atoms with Gasteiger partial charge < -0.3 is 14.2 Å². The van der Waals surface area contributed by atoms with Crippen LogP contribution in [0.2, 0.25) is 0 Å². The molecule has 372 valence electrons. The van der Waals surface area contributed by atoms with Crippen LogP contribution in [-0.4, -0.2) is 37.2 Å². The minimum Gasteiger partial charge on any atom is -0.462 e. The van der Waals surface area contributed by atoms with E-state index in [1.54, 1.807) is 0 Å². The van der Waals surface area contributed by atoms with Gasteiger partial charge in [-0.2, -0.15) is 0 Å². The molecule has 0 amide bonds. The summed E-state index contributed by atoms with van der Waals surface area (Å²) in [5.41, 5.74) is 0. The van der Waals surface area contributed by atoms with Gasteiger partial charge in [-0.05, 0) is 64.2 Å². The summed E-state index contributed by atoms with van der Waals surface area (Å²) < 4.78 is 16.8. The Morgan fingerprint density at radius 1 is 0.328 bits per heavy atom. The average molecular weight is 897 g/mol. The zero-order chi connectivity index (χ0) is 46.5. The number of carbonyl (C=O) groups is 3. The fourth-order valence-electron chi connectivity index (χ4n) is 7.90. The molecule has 0 N–H and O–H groups in total. The van der Waals surface area contributed by atoms with Crippen LogP contribution < -0.4 is 0 Å². The molecule has 0 aromatic carbocycles. The van der Waals surface area contributed by atoms with Gasteiger partial charge in [0.05, 0.1) is 0 Å². The second-order valence-corrected chi connectivity index (χ2v) is 18.5. The first-order valence-electron chi connectivity index (χ1n) is 27.7. The topological polar surface area (TPSA) is 78.9 Å². The summed E-state index contributed by atoms with van der Waals surface area (Å²) in [6.07, 6.45) is 64.0. The molecule has 1 atom stereocenters. The number of rotatable bonds is 50. The van der Waals surface area contributed by atoms with Crippen LogP contribution in [0, 0.1) is 0 Å². The molecular weight excluding hydrogens is 793 g/mol. The molecule has 0 rings (SSSR count). The van der Waals surface area contributed by atoms with Crippen molar-refractivity contribution in [2.75, 3.05) is 13.2 Å². The van der Waals surface area contributed by atoms with E-state index in [4.69, 9.17) is 14.2 Å². The zero-order valence-corrected chi connectivity index (χ0v) is 42.6. The molecule has 0 spiro atoms. The van der Waals surface area contributed by atoms with Crippen LogP contribution in [0.5, 0.6) is 0 Å². The Kier molecular flexibility index (Phi) is 50.8. The van der Waals surface area contributed by atoms with E-state index in [2.05, 4.69) is 63.3 Å². The third-order valence-electron chi connectivity index (χ3n) is 12.1. The lowest BCUT2D eigenvalue weighted by molar-refractivity contribution is -0.166. The van der Waals surface area contributed by atoms with E-state index in [-0.39, 0.29) is 37.5 Å². The molecular formula is C58H104O6. The summed E-state index contributed by atoms with van der Waals surface area (Å²) in [5, 5.41) is 0. The molecule has 0 fully saturated rings. The van der Waals surface area contributed by atoms with Crippen molar-refractivity contribution in [3.63, 3.8) is 0 Å². The minimum atomic E-state index is -0.799. The predicted molar refractivity (Wildman–Crippen MR) is 275 cm³/mol. The predicted octanol–water partition coefficient (Wildman–Crippen LogP) is 18.3. The van der Waals surface area contributed by atoms with Crippen LogP contribution in [0.15, 0.2) is 48.6 Å². The third kappa shape index (κ3) is 50.4. The summed E-state index contributed by atoms with van der Waals surface area (Å²) in [6, 6.07) is 0. The quantitative estimate of drug-likeness (QED) is 0.0199. The van der Waals surface area contributed by atoms with Crippen molar-refractivity contribution < 1.29 is 28.6 Å². The van der Waals surface area contributed by atoms with Crippen molar-refractivity contribution >= 4 is 17.9 Å². The van der Waals surface area contributed by atoms with E-state index in [1.165, 1.54) is 173 Å². The highest BCUT2D eigenvalue weighted by atomic mass is 16.6. The minimum absolute atomic E-state index is 0.0923. The second kappa shape index (κ2) is 53.0. The summed E-state index contributed by atoms with van der Waals surface area (Å²) in [5.74, 6) is -0.964. The molecule has 0 saturated heterocycles. The Balaban J connectivity index is 4.39. The van der Waals surface area contributed by atoms with Gasteiger partial charge >= 0.3 is 17.9 Å². The third-order valence-corrected chi connectivity index (χ3v) is 12.1. The number of unbranched alkanes of at least 4 members (excludes halogenated alkanes) is 32. The lowest BCUT2D eigenvalue weighted by atomic mass is 10.0. The van der Waals surface area contributed by atoms with Crippen LogP contribution in [-0.2, 0) is 28.6 Å². The molecule has 0 saturated carbocycles. The van der Waals surface area contributed by atoms with Crippen molar-refractivity contribution in [3.8, 4) is 0 Å². The fraction of sp³-hybridized carbons (Fsp3) is 0.810. The maximum absolute atomic E-state index is 12.8. The van der Waals surface area contributed by atoms with E-state index in [0.29, 0.717) is 19.3 Å². The van der Waals surface area contributed by atoms with Gasteiger partial charge in [0.15, 0.2) is 6.10 Å². The first-order chi connectivity index (χ1) is 31.5. The molecule has 0 aromatic rings. The summed E-state index contributed by atoms with van der Waals surface area (Å²) in [7, 11) is 0. The highest BCUT2D eigenvalue weighted by Gasteiger charge is 2.19.